The molecule has 3 rings (SSSR count). The number of hydrogen-bond donors (Lipinski definition) is 6. The first-order valence-corrected chi connectivity index (χ1v) is 15.5. The third-order valence-electron chi connectivity index (χ3n) is 7.39. The summed E-state index contributed by atoms with van der Waals surface area (Å²) in [6.07, 6.45) is 5.00. The predicted molar refractivity (Wildman–Crippen MR) is 166 cm³/mol. The summed E-state index contributed by atoms with van der Waals surface area (Å²) in [5, 5.41) is 18.8. The van der Waals surface area contributed by atoms with Crippen molar-refractivity contribution in [2.75, 3.05) is 12.0 Å². The minimum absolute atomic E-state index is 0.180. The van der Waals surface area contributed by atoms with Gasteiger partial charge in [-0.1, -0.05) is 68.8 Å². The second-order valence-corrected chi connectivity index (χ2v) is 11.5. The standard InChI is InChI=1S/C31H41N5O5S/c1-4-19(2)27(31(40)41)36-29(38)25(14-15-42-3)34-30(39)26(16-20-10-6-5-7-11-20)35-28(37)23(32)17-21-18-33-24-13-9-8-12-22(21)24/h5-13,18-19,23,25-27,33H,4,14-17,32H2,1-3H3,(H,34,39)(H,35,37)(H,36,38)(H,40,41). The molecule has 0 bridgehead atoms. The average molecular weight is 596 g/mol. The summed E-state index contributed by atoms with van der Waals surface area (Å²) in [6, 6.07) is 13.0. The Bertz CT molecular complexity index is 1350. The zero-order chi connectivity index (χ0) is 30.6. The molecule has 0 saturated carbocycles. The van der Waals surface area contributed by atoms with Gasteiger partial charge in [0.1, 0.15) is 18.1 Å². The molecule has 1 aromatic heterocycles. The fraction of sp³-hybridized carbons (Fsp3) is 0.419. The molecule has 0 aliphatic carbocycles. The van der Waals surface area contributed by atoms with Gasteiger partial charge in [-0.15, -0.1) is 0 Å². The topological polar surface area (TPSA) is 166 Å². The van der Waals surface area contributed by atoms with Gasteiger partial charge in [-0.2, -0.15) is 11.8 Å². The zero-order valence-electron chi connectivity index (χ0n) is 24.3. The molecule has 0 aliphatic heterocycles. The number of carboxylic acid groups (broad SMARTS) is 1. The smallest absolute Gasteiger partial charge is 0.326 e. The van der Waals surface area contributed by atoms with Crippen LogP contribution in [-0.4, -0.2) is 70.0 Å². The van der Waals surface area contributed by atoms with E-state index >= 15 is 0 Å². The van der Waals surface area contributed by atoms with Crippen molar-refractivity contribution in [1.29, 1.82) is 0 Å². The number of aliphatic carboxylic acids is 1. The van der Waals surface area contributed by atoms with Crippen LogP contribution in [0.3, 0.4) is 0 Å². The van der Waals surface area contributed by atoms with Crippen LogP contribution in [0.5, 0.6) is 0 Å². The number of nitrogens with two attached hydrogens (primary N) is 1. The molecule has 226 valence electrons. The Hall–Kier alpha value is -3.83. The van der Waals surface area contributed by atoms with E-state index < -0.39 is 47.9 Å². The second-order valence-electron chi connectivity index (χ2n) is 10.5. The van der Waals surface area contributed by atoms with Gasteiger partial charge in [0.15, 0.2) is 0 Å². The number of carbonyl (C=O) groups is 4. The van der Waals surface area contributed by atoms with Crippen molar-refractivity contribution in [2.45, 2.75) is 63.7 Å². The van der Waals surface area contributed by atoms with Crippen molar-refractivity contribution < 1.29 is 24.3 Å². The minimum atomic E-state index is -1.13. The van der Waals surface area contributed by atoms with Gasteiger partial charge >= 0.3 is 5.97 Å². The molecule has 42 heavy (non-hydrogen) atoms. The Labute approximate surface area is 250 Å². The Kier molecular flexibility index (Phi) is 12.4. The number of benzene rings is 2. The molecule has 0 aliphatic rings. The van der Waals surface area contributed by atoms with Gasteiger partial charge in [0, 0.05) is 23.5 Å². The molecule has 11 heteroatoms. The quantitative estimate of drug-likeness (QED) is 0.148. The zero-order valence-corrected chi connectivity index (χ0v) is 25.1. The number of aromatic amines is 1. The predicted octanol–water partition coefficient (Wildman–Crippen LogP) is 2.62. The summed E-state index contributed by atoms with van der Waals surface area (Å²) in [4.78, 5) is 55.1. The number of para-hydroxylation sites is 1. The number of rotatable bonds is 16. The molecule has 3 aromatic rings. The lowest BCUT2D eigenvalue weighted by Gasteiger charge is -2.26. The number of amides is 3. The number of thioether (sulfide) groups is 1. The van der Waals surface area contributed by atoms with E-state index in [0.717, 1.165) is 22.0 Å². The van der Waals surface area contributed by atoms with Crippen LogP contribution in [0.15, 0.2) is 60.8 Å². The second kappa shape index (κ2) is 16.0. The van der Waals surface area contributed by atoms with Crippen molar-refractivity contribution in [3.63, 3.8) is 0 Å². The van der Waals surface area contributed by atoms with Crippen LogP contribution in [0, 0.1) is 5.92 Å². The maximum atomic E-state index is 13.6. The number of hydrogen-bond acceptors (Lipinski definition) is 6. The van der Waals surface area contributed by atoms with Gasteiger partial charge in [0.2, 0.25) is 17.7 Å². The molecular weight excluding hydrogens is 554 g/mol. The summed E-state index contributed by atoms with van der Waals surface area (Å²) in [7, 11) is 0. The fourth-order valence-electron chi connectivity index (χ4n) is 4.68. The van der Waals surface area contributed by atoms with E-state index in [4.69, 9.17) is 5.73 Å². The molecule has 5 unspecified atom stereocenters. The van der Waals surface area contributed by atoms with Crippen LogP contribution in [0.25, 0.3) is 10.9 Å². The monoisotopic (exact) mass is 595 g/mol. The summed E-state index contributed by atoms with van der Waals surface area (Å²) in [6.45, 7) is 3.60. The Morgan fingerprint density at radius 3 is 2.21 bits per heavy atom. The molecular formula is C31H41N5O5S. The van der Waals surface area contributed by atoms with Gasteiger partial charge in [0.05, 0.1) is 6.04 Å². The van der Waals surface area contributed by atoms with Gasteiger partial charge < -0.3 is 31.8 Å². The number of H-pyrrole nitrogens is 1. The van der Waals surface area contributed by atoms with Crippen molar-refractivity contribution in [3.05, 3.63) is 71.9 Å². The van der Waals surface area contributed by atoms with Crippen molar-refractivity contribution in [2.24, 2.45) is 11.7 Å². The molecule has 0 fully saturated rings. The summed E-state index contributed by atoms with van der Waals surface area (Å²) in [5.41, 5.74) is 8.95. The maximum Gasteiger partial charge on any atom is 0.326 e. The first-order valence-electron chi connectivity index (χ1n) is 14.1. The van der Waals surface area contributed by atoms with E-state index in [-0.39, 0.29) is 25.2 Å². The first-order chi connectivity index (χ1) is 20.1. The van der Waals surface area contributed by atoms with E-state index in [9.17, 15) is 24.3 Å². The van der Waals surface area contributed by atoms with Crippen molar-refractivity contribution in [3.8, 4) is 0 Å². The lowest BCUT2D eigenvalue weighted by atomic mass is 9.98. The molecule has 1 heterocycles. The van der Waals surface area contributed by atoms with Gasteiger partial charge in [0.25, 0.3) is 0 Å². The Morgan fingerprint density at radius 2 is 1.55 bits per heavy atom. The van der Waals surface area contributed by atoms with E-state index in [0.29, 0.717) is 12.2 Å². The lowest BCUT2D eigenvalue weighted by molar-refractivity contribution is -0.143. The summed E-state index contributed by atoms with van der Waals surface area (Å²) < 4.78 is 0. The average Bonchev–Trinajstić information content (AvgIpc) is 3.39. The van der Waals surface area contributed by atoms with Crippen molar-refractivity contribution >= 4 is 46.4 Å². The largest absolute Gasteiger partial charge is 0.480 e. The van der Waals surface area contributed by atoms with Crippen molar-refractivity contribution in [1.82, 2.24) is 20.9 Å². The number of carboxylic acids is 1. The van der Waals surface area contributed by atoms with Crippen LogP contribution >= 0.6 is 11.8 Å². The summed E-state index contributed by atoms with van der Waals surface area (Å²) >= 11 is 1.50. The Balaban J connectivity index is 1.77. The van der Waals surface area contributed by atoms with Gasteiger partial charge in [-0.05, 0) is 48.0 Å². The third kappa shape index (κ3) is 9.09. The highest BCUT2D eigenvalue weighted by molar-refractivity contribution is 7.98. The lowest BCUT2D eigenvalue weighted by Crippen LogP contribution is -2.58. The van der Waals surface area contributed by atoms with Crippen LogP contribution in [0.4, 0.5) is 0 Å². The number of nitrogens with one attached hydrogen (secondary N) is 4. The van der Waals surface area contributed by atoms with E-state index in [1.807, 2.05) is 74.0 Å². The number of aromatic nitrogens is 1. The van der Waals surface area contributed by atoms with E-state index in [1.165, 1.54) is 11.8 Å². The molecule has 3 amide bonds. The highest BCUT2D eigenvalue weighted by atomic mass is 32.2. The molecule has 2 aromatic carbocycles. The highest BCUT2D eigenvalue weighted by Gasteiger charge is 2.32. The van der Waals surface area contributed by atoms with Crippen LogP contribution in [-0.2, 0) is 32.0 Å². The fourth-order valence-corrected chi connectivity index (χ4v) is 5.15. The molecule has 5 atom stereocenters. The minimum Gasteiger partial charge on any atom is -0.480 e. The molecule has 7 N–H and O–H groups in total. The third-order valence-corrected chi connectivity index (χ3v) is 8.03. The van der Waals surface area contributed by atoms with E-state index in [2.05, 4.69) is 20.9 Å². The van der Waals surface area contributed by atoms with Gasteiger partial charge in [-0.3, -0.25) is 14.4 Å². The Morgan fingerprint density at radius 1 is 0.905 bits per heavy atom. The maximum absolute atomic E-state index is 13.6. The van der Waals surface area contributed by atoms with Crippen LogP contribution < -0.4 is 21.7 Å². The molecule has 0 spiro atoms. The van der Waals surface area contributed by atoms with E-state index in [1.54, 1.807) is 6.92 Å². The van der Waals surface area contributed by atoms with Gasteiger partial charge in [-0.25, -0.2) is 4.79 Å². The molecule has 0 saturated heterocycles. The molecule has 0 radical (unpaired) electrons. The number of carbonyl (C=O) groups excluding carboxylic acids is 3. The number of fused-ring (bicyclic) bond motifs is 1. The highest BCUT2D eigenvalue weighted by Crippen LogP contribution is 2.19. The molecule has 10 nitrogen and oxygen atoms in total. The summed E-state index contributed by atoms with van der Waals surface area (Å²) in [5.74, 6) is -2.50. The van der Waals surface area contributed by atoms with Crippen LogP contribution in [0.1, 0.15) is 37.8 Å². The normalized spacial score (nSPS) is 14.8. The first kappa shape index (κ1) is 32.7. The SMILES string of the molecule is CCC(C)C(NC(=O)C(CCSC)NC(=O)C(Cc1ccccc1)NC(=O)C(N)Cc1c[nH]c2ccccc12)C(=O)O. The van der Waals surface area contributed by atoms with Crippen LogP contribution in [0.2, 0.25) is 0 Å².